The molecule has 18 heavy (non-hydrogen) atoms. The Labute approximate surface area is 107 Å². The molecule has 4 nitrogen and oxygen atoms in total. The third kappa shape index (κ3) is 2.18. The van der Waals surface area contributed by atoms with Crippen molar-refractivity contribution in [1.29, 1.82) is 0 Å². The molecule has 1 heterocycles. The van der Waals surface area contributed by atoms with E-state index >= 15 is 0 Å². The van der Waals surface area contributed by atoms with E-state index in [-0.39, 0.29) is 0 Å². The maximum atomic E-state index is 10.0. The van der Waals surface area contributed by atoms with E-state index in [0.717, 1.165) is 30.0 Å². The Kier molecular flexibility index (Phi) is 3.55. The Morgan fingerprint density at radius 1 is 1.28 bits per heavy atom. The van der Waals surface area contributed by atoms with Crippen LogP contribution in [0, 0.1) is 6.92 Å². The van der Waals surface area contributed by atoms with Crippen molar-refractivity contribution in [2.45, 2.75) is 26.7 Å². The lowest BCUT2D eigenvalue weighted by Crippen LogP contribution is -2.02. The molecule has 0 aliphatic rings. The summed E-state index contributed by atoms with van der Waals surface area (Å²) in [5.41, 5.74) is 2.46. The Morgan fingerprint density at radius 3 is 2.50 bits per heavy atom. The smallest absolute Gasteiger partial charge is 0.160 e. The summed E-state index contributed by atoms with van der Waals surface area (Å²) in [4.78, 5) is 0. The van der Waals surface area contributed by atoms with Crippen LogP contribution in [0.15, 0.2) is 24.3 Å². The van der Waals surface area contributed by atoms with Crippen LogP contribution in [0.2, 0.25) is 0 Å². The molecule has 1 aromatic heterocycles. The third-order valence-corrected chi connectivity index (χ3v) is 2.93. The predicted molar refractivity (Wildman–Crippen MR) is 70.5 cm³/mol. The highest BCUT2D eigenvalue weighted by molar-refractivity contribution is 5.42. The fraction of sp³-hybridized carbons (Fsp3) is 0.357. The van der Waals surface area contributed by atoms with Crippen molar-refractivity contribution in [2.75, 3.05) is 7.11 Å². The first-order valence-corrected chi connectivity index (χ1v) is 6.09. The summed E-state index contributed by atoms with van der Waals surface area (Å²) >= 11 is 0. The first-order chi connectivity index (χ1) is 8.67. The lowest BCUT2D eigenvalue weighted by Gasteiger charge is -2.07. The maximum Gasteiger partial charge on any atom is 0.160 e. The fourth-order valence-corrected chi connectivity index (χ4v) is 1.96. The van der Waals surface area contributed by atoms with Crippen molar-refractivity contribution in [3.05, 3.63) is 35.7 Å². The molecular formula is C14H18N2O2. The molecule has 2 rings (SSSR count). The second kappa shape index (κ2) is 5.12. The largest absolute Gasteiger partial charge is 0.504 e. The van der Waals surface area contributed by atoms with Crippen LogP contribution < -0.4 is 4.74 Å². The summed E-state index contributed by atoms with van der Waals surface area (Å²) in [7, 11) is 1.64. The van der Waals surface area contributed by atoms with Gasteiger partial charge in [-0.1, -0.05) is 13.3 Å². The van der Waals surface area contributed by atoms with Gasteiger partial charge >= 0.3 is 0 Å². The summed E-state index contributed by atoms with van der Waals surface area (Å²) in [5.74, 6) is 1.11. The van der Waals surface area contributed by atoms with Gasteiger partial charge in [-0.15, -0.1) is 0 Å². The normalized spacial score (nSPS) is 10.6. The lowest BCUT2D eigenvalue weighted by atomic mass is 10.2. The molecule has 0 fully saturated rings. The molecule has 0 radical (unpaired) electrons. The monoisotopic (exact) mass is 246 g/mol. The standard InChI is InChI=1S/C14H18N2O2/c1-4-5-13-14(17)10(2)15-16(13)11-6-8-12(18-3)9-7-11/h6-9,17H,4-5H2,1-3H3. The number of aromatic nitrogens is 2. The molecule has 0 unspecified atom stereocenters. The molecule has 1 N–H and O–H groups in total. The molecule has 0 aliphatic heterocycles. The average Bonchev–Trinajstić information content (AvgIpc) is 2.68. The Bertz CT molecular complexity index is 529. The zero-order valence-corrected chi connectivity index (χ0v) is 11.0. The maximum absolute atomic E-state index is 10.0. The number of hydrogen-bond donors (Lipinski definition) is 1. The van der Waals surface area contributed by atoms with Crippen molar-refractivity contribution in [1.82, 2.24) is 9.78 Å². The molecule has 0 saturated carbocycles. The highest BCUT2D eigenvalue weighted by Gasteiger charge is 2.14. The number of aromatic hydroxyl groups is 1. The number of hydrogen-bond acceptors (Lipinski definition) is 3. The van der Waals surface area contributed by atoms with Crippen LogP contribution in [0.4, 0.5) is 0 Å². The van der Waals surface area contributed by atoms with Gasteiger partial charge in [0.1, 0.15) is 11.4 Å². The van der Waals surface area contributed by atoms with E-state index in [9.17, 15) is 5.11 Å². The molecule has 0 atom stereocenters. The molecule has 1 aromatic carbocycles. The number of methoxy groups -OCH3 is 1. The van der Waals surface area contributed by atoms with Gasteiger partial charge < -0.3 is 9.84 Å². The van der Waals surface area contributed by atoms with Gasteiger partial charge in [-0.05, 0) is 37.6 Å². The van der Waals surface area contributed by atoms with Crippen molar-refractivity contribution in [3.8, 4) is 17.2 Å². The number of rotatable bonds is 4. The number of aryl methyl sites for hydroxylation is 1. The van der Waals surface area contributed by atoms with Gasteiger partial charge in [0.05, 0.1) is 18.5 Å². The van der Waals surface area contributed by atoms with Crippen molar-refractivity contribution in [3.63, 3.8) is 0 Å². The number of benzene rings is 1. The SMILES string of the molecule is CCCc1c(O)c(C)nn1-c1ccc(OC)cc1. The van der Waals surface area contributed by atoms with Gasteiger partial charge in [0.15, 0.2) is 5.75 Å². The topological polar surface area (TPSA) is 47.3 Å². The van der Waals surface area contributed by atoms with E-state index in [2.05, 4.69) is 12.0 Å². The molecule has 0 bridgehead atoms. The zero-order chi connectivity index (χ0) is 13.1. The first-order valence-electron chi connectivity index (χ1n) is 6.09. The summed E-state index contributed by atoms with van der Waals surface area (Å²) in [6, 6.07) is 7.64. The second-order valence-electron chi connectivity index (χ2n) is 4.24. The molecule has 2 aromatic rings. The number of ether oxygens (including phenoxy) is 1. The van der Waals surface area contributed by atoms with Crippen molar-refractivity contribution >= 4 is 0 Å². The van der Waals surface area contributed by atoms with Gasteiger partial charge in [-0.3, -0.25) is 0 Å². The minimum Gasteiger partial charge on any atom is -0.504 e. The molecule has 96 valence electrons. The van der Waals surface area contributed by atoms with Crippen LogP contribution >= 0.6 is 0 Å². The lowest BCUT2D eigenvalue weighted by molar-refractivity contribution is 0.414. The molecule has 4 heteroatoms. The van der Waals surface area contributed by atoms with Crippen LogP contribution in [0.1, 0.15) is 24.7 Å². The quantitative estimate of drug-likeness (QED) is 0.902. The summed E-state index contributed by atoms with van der Waals surface area (Å²) in [5, 5.41) is 14.4. The van der Waals surface area contributed by atoms with E-state index in [4.69, 9.17) is 4.74 Å². The van der Waals surface area contributed by atoms with E-state index in [1.807, 2.05) is 31.2 Å². The van der Waals surface area contributed by atoms with Crippen molar-refractivity contribution in [2.24, 2.45) is 0 Å². The van der Waals surface area contributed by atoms with Crippen molar-refractivity contribution < 1.29 is 9.84 Å². The van der Waals surface area contributed by atoms with Gasteiger partial charge in [0, 0.05) is 0 Å². The van der Waals surface area contributed by atoms with E-state index in [1.54, 1.807) is 11.8 Å². The minimum absolute atomic E-state index is 0.299. The summed E-state index contributed by atoms with van der Waals surface area (Å²) in [6.07, 6.45) is 1.77. The zero-order valence-electron chi connectivity index (χ0n) is 11.0. The van der Waals surface area contributed by atoms with Gasteiger partial charge in [0.25, 0.3) is 0 Å². The molecule has 0 spiro atoms. The van der Waals surface area contributed by atoms with E-state index in [1.165, 1.54) is 0 Å². The van der Waals surface area contributed by atoms with Gasteiger partial charge in [-0.25, -0.2) is 4.68 Å². The predicted octanol–water partition coefficient (Wildman–Crippen LogP) is 2.85. The van der Waals surface area contributed by atoms with Crippen LogP contribution in [0.25, 0.3) is 5.69 Å². The van der Waals surface area contributed by atoms with Crippen LogP contribution in [0.3, 0.4) is 0 Å². The average molecular weight is 246 g/mol. The summed E-state index contributed by atoms with van der Waals surface area (Å²) < 4.78 is 6.93. The molecule has 0 amide bonds. The Hall–Kier alpha value is -1.97. The van der Waals surface area contributed by atoms with Gasteiger partial charge in [-0.2, -0.15) is 5.10 Å². The minimum atomic E-state index is 0.299. The highest BCUT2D eigenvalue weighted by Crippen LogP contribution is 2.26. The second-order valence-corrected chi connectivity index (χ2v) is 4.24. The molecular weight excluding hydrogens is 228 g/mol. The van der Waals surface area contributed by atoms with Crippen LogP contribution in [-0.2, 0) is 6.42 Å². The Morgan fingerprint density at radius 2 is 1.94 bits per heavy atom. The van der Waals surface area contributed by atoms with Crippen LogP contribution in [0.5, 0.6) is 11.5 Å². The molecule has 0 saturated heterocycles. The van der Waals surface area contributed by atoms with E-state index in [0.29, 0.717) is 11.4 Å². The van der Waals surface area contributed by atoms with E-state index < -0.39 is 0 Å². The number of nitrogens with zero attached hydrogens (tertiary/aromatic N) is 2. The summed E-state index contributed by atoms with van der Waals surface area (Å²) in [6.45, 7) is 3.90. The molecule has 0 aliphatic carbocycles. The third-order valence-electron chi connectivity index (χ3n) is 2.93. The fourth-order valence-electron chi connectivity index (χ4n) is 1.96. The first kappa shape index (κ1) is 12.5. The van der Waals surface area contributed by atoms with Crippen LogP contribution in [-0.4, -0.2) is 22.0 Å². The van der Waals surface area contributed by atoms with Gasteiger partial charge in [0.2, 0.25) is 0 Å². The Balaban J connectivity index is 2.45. The highest BCUT2D eigenvalue weighted by atomic mass is 16.5.